The van der Waals surface area contributed by atoms with Crippen LogP contribution in [0.2, 0.25) is 5.02 Å². The maximum absolute atomic E-state index is 13.8. The third kappa shape index (κ3) is 2.53. The first kappa shape index (κ1) is 20.0. The number of halogens is 1. The molecule has 7 nitrogen and oxygen atoms in total. The molecule has 0 saturated carbocycles. The molecule has 8 heteroatoms. The summed E-state index contributed by atoms with van der Waals surface area (Å²) in [5, 5.41) is 6.68. The molecule has 5 rings (SSSR count). The number of nitrogens with one attached hydrogen (secondary N) is 2. The van der Waals surface area contributed by atoms with Crippen molar-refractivity contribution in [2.45, 2.75) is 25.4 Å². The van der Waals surface area contributed by atoms with Crippen molar-refractivity contribution >= 4 is 40.7 Å². The first-order chi connectivity index (χ1) is 14.8. The van der Waals surface area contributed by atoms with Gasteiger partial charge in [0.15, 0.2) is 0 Å². The van der Waals surface area contributed by atoms with E-state index in [1.807, 2.05) is 32.0 Å². The van der Waals surface area contributed by atoms with Gasteiger partial charge in [0.1, 0.15) is 11.3 Å². The summed E-state index contributed by atoms with van der Waals surface area (Å²) >= 11 is 6.18. The molecule has 2 aromatic carbocycles. The zero-order chi connectivity index (χ0) is 22.1. The summed E-state index contributed by atoms with van der Waals surface area (Å²) in [5.41, 5.74) is 0.342. The molecule has 3 aliphatic heterocycles. The Bertz CT molecular complexity index is 1130. The maximum Gasteiger partial charge on any atom is 0.250 e. The van der Waals surface area contributed by atoms with Crippen molar-refractivity contribution in [3.8, 4) is 5.75 Å². The lowest BCUT2D eigenvalue weighted by Crippen LogP contribution is -2.54. The molecule has 2 saturated heterocycles. The Morgan fingerprint density at radius 1 is 1.10 bits per heavy atom. The molecule has 0 radical (unpaired) electrons. The van der Waals surface area contributed by atoms with Crippen LogP contribution in [0, 0.1) is 17.8 Å². The summed E-state index contributed by atoms with van der Waals surface area (Å²) < 4.78 is 5.40. The number of para-hydroxylation sites is 1. The normalized spacial score (nSPS) is 29.0. The topological polar surface area (TPSA) is 87.7 Å². The van der Waals surface area contributed by atoms with Crippen LogP contribution in [0.15, 0.2) is 42.5 Å². The van der Waals surface area contributed by atoms with E-state index in [9.17, 15) is 14.4 Å². The molecule has 3 aliphatic rings. The van der Waals surface area contributed by atoms with Crippen LogP contribution < -0.4 is 20.3 Å². The number of carbonyl (C=O) groups excluding carboxylic acids is 3. The van der Waals surface area contributed by atoms with Crippen LogP contribution in [-0.2, 0) is 19.9 Å². The number of anilines is 2. The van der Waals surface area contributed by atoms with Gasteiger partial charge in [-0.05, 0) is 30.2 Å². The second-order valence-corrected chi connectivity index (χ2v) is 8.99. The van der Waals surface area contributed by atoms with Crippen LogP contribution in [-0.4, -0.2) is 30.9 Å². The third-order valence-corrected chi connectivity index (χ3v) is 6.89. The molecule has 4 unspecified atom stereocenters. The van der Waals surface area contributed by atoms with E-state index in [2.05, 4.69) is 10.6 Å². The van der Waals surface area contributed by atoms with E-state index >= 15 is 0 Å². The van der Waals surface area contributed by atoms with Crippen LogP contribution in [0.1, 0.15) is 19.4 Å². The first-order valence-corrected chi connectivity index (χ1v) is 10.6. The van der Waals surface area contributed by atoms with E-state index in [0.717, 1.165) is 4.90 Å². The summed E-state index contributed by atoms with van der Waals surface area (Å²) in [6.07, 6.45) is 0. The van der Waals surface area contributed by atoms with Gasteiger partial charge in [-0.15, -0.1) is 0 Å². The lowest BCUT2D eigenvalue weighted by Gasteiger charge is -2.30. The minimum Gasteiger partial charge on any atom is -0.495 e. The van der Waals surface area contributed by atoms with Crippen molar-refractivity contribution < 1.29 is 19.1 Å². The average Bonchev–Trinajstić information content (AvgIpc) is 3.33. The van der Waals surface area contributed by atoms with Gasteiger partial charge in [0.2, 0.25) is 17.7 Å². The third-order valence-electron chi connectivity index (χ3n) is 6.66. The number of hydrogen-bond donors (Lipinski definition) is 2. The molecule has 1 spiro atoms. The van der Waals surface area contributed by atoms with Gasteiger partial charge in [-0.1, -0.05) is 43.6 Å². The van der Waals surface area contributed by atoms with Crippen LogP contribution in [0.3, 0.4) is 0 Å². The van der Waals surface area contributed by atoms with Gasteiger partial charge in [0.25, 0.3) is 0 Å². The molecule has 2 aromatic rings. The van der Waals surface area contributed by atoms with Crippen molar-refractivity contribution in [1.82, 2.24) is 5.32 Å². The smallest absolute Gasteiger partial charge is 0.250 e. The number of benzene rings is 2. The molecule has 4 atom stereocenters. The number of fused-ring (bicyclic) bond motifs is 4. The van der Waals surface area contributed by atoms with E-state index in [0.29, 0.717) is 27.7 Å². The highest BCUT2D eigenvalue weighted by Crippen LogP contribution is 2.55. The maximum atomic E-state index is 13.8. The molecule has 0 aliphatic carbocycles. The van der Waals surface area contributed by atoms with Gasteiger partial charge >= 0.3 is 0 Å². The van der Waals surface area contributed by atoms with Gasteiger partial charge in [0.05, 0.1) is 24.6 Å². The highest BCUT2D eigenvalue weighted by atomic mass is 35.5. The van der Waals surface area contributed by atoms with Crippen molar-refractivity contribution in [3.05, 3.63) is 53.1 Å². The Hall–Kier alpha value is -2.90. The van der Waals surface area contributed by atoms with E-state index in [-0.39, 0.29) is 23.8 Å². The summed E-state index contributed by atoms with van der Waals surface area (Å²) in [7, 11) is 1.47. The Balaban J connectivity index is 1.71. The highest BCUT2D eigenvalue weighted by Gasteiger charge is 2.71. The molecule has 3 amide bonds. The number of rotatable bonds is 3. The zero-order valence-corrected chi connectivity index (χ0v) is 18.1. The van der Waals surface area contributed by atoms with Crippen LogP contribution >= 0.6 is 11.6 Å². The minimum atomic E-state index is -1.30. The number of carbonyl (C=O) groups is 3. The van der Waals surface area contributed by atoms with E-state index in [4.69, 9.17) is 16.3 Å². The molecular formula is C23H22ClN3O4. The fraction of sp³-hybridized carbons (Fsp3) is 0.348. The van der Waals surface area contributed by atoms with Crippen LogP contribution in [0.4, 0.5) is 11.4 Å². The zero-order valence-electron chi connectivity index (χ0n) is 17.3. The number of hydrogen-bond acceptors (Lipinski definition) is 5. The highest BCUT2D eigenvalue weighted by molar-refractivity contribution is 6.32. The predicted molar refractivity (Wildman–Crippen MR) is 116 cm³/mol. The molecule has 160 valence electrons. The number of amides is 3. The van der Waals surface area contributed by atoms with E-state index in [1.54, 1.807) is 24.3 Å². The lowest BCUT2D eigenvalue weighted by atomic mass is 9.76. The molecule has 0 bridgehead atoms. The monoisotopic (exact) mass is 439 g/mol. The largest absolute Gasteiger partial charge is 0.495 e. The lowest BCUT2D eigenvalue weighted by molar-refractivity contribution is -0.130. The van der Waals surface area contributed by atoms with Crippen LogP contribution in [0.5, 0.6) is 5.75 Å². The Morgan fingerprint density at radius 3 is 2.55 bits per heavy atom. The van der Waals surface area contributed by atoms with E-state index < -0.39 is 23.3 Å². The quantitative estimate of drug-likeness (QED) is 0.718. The van der Waals surface area contributed by atoms with E-state index in [1.165, 1.54) is 7.11 Å². The Morgan fingerprint density at radius 2 is 1.84 bits per heavy atom. The summed E-state index contributed by atoms with van der Waals surface area (Å²) in [6.45, 7) is 3.96. The van der Waals surface area contributed by atoms with Gasteiger partial charge in [-0.3, -0.25) is 19.7 Å². The second kappa shape index (κ2) is 6.80. The number of ether oxygens (including phenoxy) is 1. The van der Waals surface area contributed by atoms with Crippen molar-refractivity contribution in [3.63, 3.8) is 0 Å². The molecule has 2 fully saturated rings. The SMILES string of the molecule is COc1ccc(Cl)cc1N1C(=O)C2C(C(C)C)NC3(C(=O)Nc4ccccc43)C2C1=O. The van der Waals surface area contributed by atoms with Gasteiger partial charge in [-0.25, -0.2) is 4.90 Å². The van der Waals surface area contributed by atoms with Gasteiger partial charge < -0.3 is 10.1 Å². The number of methoxy groups -OCH3 is 1. The fourth-order valence-electron chi connectivity index (χ4n) is 5.34. The number of imide groups is 1. The van der Waals surface area contributed by atoms with Crippen molar-refractivity contribution in [1.29, 1.82) is 0 Å². The predicted octanol–water partition coefficient (Wildman–Crippen LogP) is 2.93. The molecule has 2 N–H and O–H groups in total. The minimum absolute atomic E-state index is 0.0189. The number of nitrogens with zero attached hydrogens (tertiary/aromatic N) is 1. The summed E-state index contributed by atoms with van der Waals surface area (Å²) in [5.74, 6) is -2.27. The Labute approximate surface area is 184 Å². The average molecular weight is 440 g/mol. The second-order valence-electron chi connectivity index (χ2n) is 8.55. The summed E-state index contributed by atoms with van der Waals surface area (Å²) in [4.78, 5) is 42.0. The molecular weight excluding hydrogens is 418 g/mol. The van der Waals surface area contributed by atoms with Crippen LogP contribution in [0.25, 0.3) is 0 Å². The van der Waals surface area contributed by atoms with Gasteiger partial charge in [0, 0.05) is 22.3 Å². The summed E-state index contributed by atoms with van der Waals surface area (Å²) in [6, 6.07) is 11.8. The molecule has 0 aromatic heterocycles. The van der Waals surface area contributed by atoms with Crippen molar-refractivity contribution in [2.75, 3.05) is 17.3 Å². The fourth-order valence-corrected chi connectivity index (χ4v) is 5.51. The molecule has 31 heavy (non-hydrogen) atoms. The molecule has 3 heterocycles. The first-order valence-electron chi connectivity index (χ1n) is 10.2. The standard InChI is InChI=1S/C23H22ClN3O4/c1-11(2)19-17-18(23(26-19)13-6-4-5-7-14(13)25-22(23)30)21(29)27(20(17)28)15-10-12(24)8-9-16(15)31-3/h4-11,17-19,26H,1-3H3,(H,25,30). The van der Waals surface area contributed by atoms with Gasteiger partial charge in [-0.2, -0.15) is 0 Å². The Kier molecular flexibility index (Phi) is 4.39. The van der Waals surface area contributed by atoms with Crippen molar-refractivity contribution in [2.24, 2.45) is 17.8 Å².